The van der Waals surface area contributed by atoms with Crippen LogP contribution in [0.3, 0.4) is 0 Å². The summed E-state index contributed by atoms with van der Waals surface area (Å²) >= 11 is 4.71. The molecule has 0 atom stereocenters. The Morgan fingerprint density at radius 2 is 1.80 bits per heavy atom. The van der Waals surface area contributed by atoms with Crippen molar-refractivity contribution in [1.29, 1.82) is 5.26 Å². The first-order valence-electron chi connectivity index (χ1n) is 5.02. The summed E-state index contributed by atoms with van der Waals surface area (Å²) in [6.45, 7) is 1.42. The second kappa shape index (κ2) is 7.64. The van der Waals surface area contributed by atoms with E-state index in [-0.39, 0.29) is 45.7 Å². The van der Waals surface area contributed by atoms with Crippen molar-refractivity contribution in [2.45, 2.75) is 13.1 Å². The van der Waals surface area contributed by atoms with Gasteiger partial charge in [-0.1, -0.05) is 6.92 Å². The van der Waals surface area contributed by atoms with Crippen LogP contribution in [0.4, 0.5) is 18.9 Å². The molecule has 0 heterocycles. The fraction of sp³-hybridized carbons (Fsp3) is 0.167. The molecule has 1 aromatic carbocycles. The van der Waals surface area contributed by atoms with Gasteiger partial charge in [0.1, 0.15) is 6.07 Å². The molecule has 1 N–H and O–H groups in total. The van der Waals surface area contributed by atoms with Gasteiger partial charge in [-0.05, 0) is 24.3 Å². The maximum atomic E-state index is 12.3. The third-order valence-corrected chi connectivity index (χ3v) is 2.37. The summed E-state index contributed by atoms with van der Waals surface area (Å²) in [6.07, 6.45) is -4.43. The second-order valence-corrected chi connectivity index (χ2v) is 4.18. The van der Waals surface area contributed by atoms with Crippen LogP contribution in [-0.4, -0.2) is 5.91 Å². The molecule has 1 aromatic rings. The maximum Gasteiger partial charge on any atom is 1.00 e. The molecule has 3 nitrogen and oxygen atoms in total. The van der Waals surface area contributed by atoms with Gasteiger partial charge in [-0.25, -0.2) is 0 Å². The Kier molecular flexibility index (Phi) is 7.23. The summed E-state index contributed by atoms with van der Waals surface area (Å²) in [5.41, 5.74) is -0.905. The van der Waals surface area contributed by atoms with Crippen LogP contribution in [-0.2, 0) is 23.6 Å². The van der Waals surface area contributed by atoms with Gasteiger partial charge in [0.25, 0.3) is 5.91 Å². The monoisotopic (exact) mass is 308 g/mol. The number of rotatable bonds is 2. The third kappa shape index (κ3) is 5.13. The normalized spacial score (nSPS) is 11.8. The predicted molar refractivity (Wildman–Crippen MR) is 65.8 cm³/mol. The molecule has 8 heteroatoms. The second-order valence-electron chi connectivity index (χ2n) is 3.57. The summed E-state index contributed by atoms with van der Waals surface area (Å²) in [7, 11) is 0. The molecule has 0 aliphatic carbocycles. The number of benzene rings is 1. The van der Waals surface area contributed by atoms with Gasteiger partial charge in [-0.15, -0.1) is 0 Å². The van der Waals surface area contributed by atoms with E-state index in [0.717, 1.165) is 24.3 Å². The predicted octanol–water partition coefficient (Wildman–Crippen LogP) is -0.00762. The Morgan fingerprint density at radius 3 is 2.15 bits per heavy atom. The van der Waals surface area contributed by atoms with Gasteiger partial charge < -0.3 is 17.9 Å². The van der Waals surface area contributed by atoms with Crippen LogP contribution in [0.1, 0.15) is 12.5 Å². The minimum Gasteiger partial charge on any atom is -0.783 e. The van der Waals surface area contributed by atoms with Crippen LogP contribution in [0.5, 0.6) is 0 Å². The van der Waals surface area contributed by atoms with E-state index in [9.17, 15) is 18.0 Å². The number of carbonyl (C=O) groups excluding carboxylic acids is 1. The van der Waals surface area contributed by atoms with Crippen molar-refractivity contribution >= 4 is 24.2 Å². The Hall–Kier alpha value is -1.07. The zero-order chi connectivity index (χ0) is 14.6. The van der Waals surface area contributed by atoms with E-state index in [0.29, 0.717) is 0 Å². The molecule has 1 rings (SSSR count). The van der Waals surface area contributed by atoms with Crippen LogP contribution < -0.4 is 34.9 Å². The Labute approximate surface area is 141 Å². The van der Waals surface area contributed by atoms with E-state index >= 15 is 0 Å². The quantitative estimate of drug-likeness (QED) is 0.362. The van der Waals surface area contributed by atoms with Crippen molar-refractivity contribution in [2.24, 2.45) is 0 Å². The zero-order valence-electron chi connectivity index (χ0n) is 10.7. The molecule has 0 aliphatic heterocycles. The Balaban J connectivity index is 0.00000361. The molecule has 0 radical (unpaired) electrons. The fourth-order valence-corrected chi connectivity index (χ4v) is 1.36. The van der Waals surface area contributed by atoms with Gasteiger partial charge in [0.2, 0.25) is 0 Å². The van der Waals surface area contributed by atoms with E-state index in [1.807, 2.05) is 0 Å². The van der Waals surface area contributed by atoms with E-state index in [1.54, 1.807) is 6.07 Å². The summed E-state index contributed by atoms with van der Waals surface area (Å²) in [4.78, 5) is 11.7. The van der Waals surface area contributed by atoms with Crippen molar-refractivity contribution < 1.29 is 47.5 Å². The Morgan fingerprint density at radius 1 is 1.30 bits per heavy atom. The van der Waals surface area contributed by atoms with Crippen molar-refractivity contribution in [3.8, 4) is 6.07 Å². The number of hydrogen-bond acceptors (Lipinski definition) is 3. The summed E-state index contributed by atoms with van der Waals surface area (Å²) in [6, 6.07) is 5.53. The molecule has 0 aromatic heterocycles. The fourth-order valence-electron chi connectivity index (χ4n) is 1.23. The number of amides is 1. The standard InChI is InChI=1S/C12H9F3N2OS.Na/c1-7(19)10(6-16)11(18)17-9-4-2-8(3-5-9)12(13,14)15;/h2-5,19H,1H3,(H,17,18);/q;+1/p-1/b10-7-;. The number of halogens is 3. The topological polar surface area (TPSA) is 52.9 Å². The van der Waals surface area contributed by atoms with Crippen molar-refractivity contribution in [3.63, 3.8) is 0 Å². The molecule has 20 heavy (non-hydrogen) atoms. The number of allylic oxidation sites excluding steroid dienone is 1. The maximum absolute atomic E-state index is 12.3. The number of nitriles is 1. The smallest absolute Gasteiger partial charge is 0.783 e. The van der Waals surface area contributed by atoms with Crippen molar-refractivity contribution in [1.82, 2.24) is 0 Å². The Bertz CT molecular complexity index is 558. The first-order valence-corrected chi connectivity index (χ1v) is 5.43. The molecule has 0 bridgehead atoms. The molecule has 0 aliphatic rings. The van der Waals surface area contributed by atoms with Crippen LogP contribution in [0.2, 0.25) is 0 Å². The largest absolute Gasteiger partial charge is 1.00 e. The molecule has 0 saturated heterocycles. The SMILES string of the molecule is C/C([S-])=C(\C#N)C(=O)Nc1ccc(C(F)(F)F)cc1.[Na+]. The molecular formula is C12H8F3N2NaOS. The van der Waals surface area contributed by atoms with Gasteiger partial charge >= 0.3 is 35.7 Å². The molecule has 0 saturated carbocycles. The van der Waals surface area contributed by atoms with Crippen molar-refractivity contribution in [2.75, 3.05) is 5.32 Å². The first-order chi connectivity index (χ1) is 8.75. The number of anilines is 1. The number of carbonyl (C=O) groups is 1. The molecule has 0 fully saturated rings. The average molecular weight is 308 g/mol. The molecule has 1 amide bonds. The number of nitrogens with zero attached hydrogens (tertiary/aromatic N) is 1. The number of nitrogens with one attached hydrogen (secondary N) is 1. The number of hydrogen-bond donors (Lipinski definition) is 1. The number of alkyl halides is 3. The van der Waals surface area contributed by atoms with E-state index in [2.05, 4.69) is 5.32 Å². The summed E-state index contributed by atoms with van der Waals surface area (Å²) in [5, 5.41) is 11.0. The van der Waals surface area contributed by atoms with Gasteiger partial charge in [0, 0.05) is 5.69 Å². The third-order valence-electron chi connectivity index (χ3n) is 2.16. The molecule has 0 spiro atoms. The average Bonchev–Trinajstić information content (AvgIpc) is 2.28. The summed E-state index contributed by atoms with van der Waals surface area (Å²) in [5.74, 6) is -0.741. The molecular weight excluding hydrogens is 300 g/mol. The molecule has 0 unspecified atom stereocenters. The molecule has 100 valence electrons. The van der Waals surface area contributed by atoms with Crippen LogP contribution >= 0.6 is 0 Å². The summed E-state index contributed by atoms with van der Waals surface area (Å²) < 4.78 is 37.0. The van der Waals surface area contributed by atoms with E-state index < -0.39 is 17.6 Å². The van der Waals surface area contributed by atoms with Crippen LogP contribution in [0, 0.1) is 11.3 Å². The van der Waals surface area contributed by atoms with Crippen LogP contribution in [0.25, 0.3) is 0 Å². The van der Waals surface area contributed by atoms with Gasteiger partial charge in [0.05, 0.1) is 11.1 Å². The van der Waals surface area contributed by atoms with Gasteiger partial charge in [-0.2, -0.15) is 23.3 Å². The zero-order valence-corrected chi connectivity index (χ0v) is 13.5. The van der Waals surface area contributed by atoms with Crippen LogP contribution in [0.15, 0.2) is 34.7 Å². The van der Waals surface area contributed by atoms with E-state index in [1.165, 1.54) is 6.92 Å². The van der Waals surface area contributed by atoms with Crippen molar-refractivity contribution in [3.05, 3.63) is 40.3 Å². The van der Waals surface area contributed by atoms with E-state index in [4.69, 9.17) is 17.9 Å². The van der Waals surface area contributed by atoms with Gasteiger partial charge in [-0.3, -0.25) is 4.79 Å². The first kappa shape index (κ1) is 18.9. The van der Waals surface area contributed by atoms with Gasteiger partial charge in [0.15, 0.2) is 0 Å². The minimum atomic E-state index is -4.43. The minimum absolute atomic E-state index is 0.